The Bertz CT molecular complexity index is 895. The normalized spacial score (nSPS) is 10.4. The van der Waals surface area contributed by atoms with E-state index in [-0.39, 0.29) is 22.7 Å². The SMILES string of the molecule is COc1ccc(NC(=O)COC(=O)c2ccc(OCCC(C)C)cc2)c([N+](=O)[O-])c1. The van der Waals surface area contributed by atoms with Crippen molar-refractivity contribution in [3.63, 3.8) is 0 Å². The molecule has 0 aliphatic heterocycles. The first kappa shape index (κ1) is 22.7. The largest absolute Gasteiger partial charge is 0.496 e. The second-order valence-corrected chi connectivity index (χ2v) is 6.82. The van der Waals surface area contributed by atoms with E-state index in [0.717, 1.165) is 6.42 Å². The Morgan fingerprint density at radius 1 is 1.10 bits per heavy atom. The van der Waals surface area contributed by atoms with Gasteiger partial charge in [-0.2, -0.15) is 0 Å². The van der Waals surface area contributed by atoms with Gasteiger partial charge in [0.15, 0.2) is 6.61 Å². The molecule has 0 fully saturated rings. The highest BCUT2D eigenvalue weighted by Gasteiger charge is 2.18. The van der Waals surface area contributed by atoms with Crippen LogP contribution in [-0.4, -0.2) is 37.1 Å². The first-order valence-corrected chi connectivity index (χ1v) is 9.32. The van der Waals surface area contributed by atoms with Crippen LogP contribution in [0.4, 0.5) is 11.4 Å². The maximum atomic E-state index is 12.1. The van der Waals surface area contributed by atoms with Crippen molar-refractivity contribution in [2.45, 2.75) is 20.3 Å². The van der Waals surface area contributed by atoms with Crippen LogP contribution < -0.4 is 14.8 Å². The van der Waals surface area contributed by atoms with E-state index in [1.807, 2.05) is 0 Å². The van der Waals surface area contributed by atoms with Crippen LogP contribution in [0.15, 0.2) is 42.5 Å². The van der Waals surface area contributed by atoms with E-state index >= 15 is 0 Å². The lowest BCUT2D eigenvalue weighted by Gasteiger charge is -2.09. The summed E-state index contributed by atoms with van der Waals surface area (Å²) in [6.45, 7) is 4.20. The van der Waals surface area contributed by atoms with Crippen LogP contribution in [0.3, 0.4) is 0 Å². The molecule has 0 spiro atoms. The molecule has 0 heterocycles. The van der Waals surface area contributed by atoms with Crippen molar-refractivity contribution in [1.29, 1.82) is 0 Å². The van der Waals surface area contributed by atoms with E-state index in [9.17, 15) is 19.7 Å². The summed E-state index contributed by atoms with van der Waals surface area (Å²) in [6.07, 6.45) is 0.922. The lowest BCUT2D eigenvalue weighted by Crippen LogP contribution is -2.21. The molecule has 30 heavy (non-hydrogen) atoms. The third kappa shape index (κ3) is 6.77. The van der Waals surface area contributed by atoms with Gasteiger partial charge in [-0.25, -0.2) is 4.79 Å². The van der Waals surface area contributed by atoms with Gasteiger partial charge in [0.1, 0.15) is 17.2 Å². The Labute approximate surface area is 174 Å². The van der Waals surface area contributed by atoms with Crippen molar-refractivity contribution in [2.75, 3.05) is 25.6 Å². The number of amides is 1. The van der Waals surface area contributed by atoms with Crippen molar-refractivity contribution in [1.82, 2.24) is 0 Å². The highest BCUT2D eigenvalue weighted by molar-refractivity contribution is 5.96. The molecular weight excluding hydrogens is 392 g/mol. The number of nitrogens with zero attached hydrogens (tertiary/aromatic N) is 1. The van der Waals surface area contributed by atoms with Gasteiger partial charge in [-0.3, -0.25) is 14.9 Å². The summed E-state index contributed by atoms with van der Waals surface area (Å²) in [5, 5.41) is 13.5. The van der Waals surface area contributed by atoms with E-state index < -0.39 is 23.4 Å². The van der Waals surface area contributed by atoms with Crippen LogP contribution in [0, 0.1) is 16.0 Å². The van der Waals surface area contributed by atoms with Crippen molar-refractivity contribution < 1.29 is 28.7 Å². The minimum atomic E-state index is -0.703. The van der Waals surface area contributed by atoms with Gasteiger partial charge < -0.3 is 19.5 Å². The minimum Gasteiger partial charge on any atom is -0.496 e. The molecule has 1 N–H and O–H groups in total. The maximum Gasteiger partial charge on any atom is 0.338 e. The summed E-state index contributed by atoms with van der Waals surface area (Å²) in [6, 6.07) is 10.4. The summed E-state index contributed by atoms with van der Waals surface area (Å²) < 4.78 is 15.5. The Hall–Kier alpha value is -3.62. The van der Waals surface area contributed by atoms with E-state index in [1.54, 1.807) is 24.3 Å². The number of anilines is 1. The average molecular weight is 416 g/mol. The molecule has 2 aromatic rings. The number of esters is 1. The quantitative estimate of drug-likeness (QED) is 0.355. The van der Waals surface area contributed by atoms with Gasteiger partial charge in [-0.05, 0) is 48.7 Å². The van der Waals surface area contributed by atoms with Crippen LogP contribution in [0.2, 0.25) is 0 Å². The number of nitro groups is 1. The zero-order chi connectivity index (χ0) is 22.1. The summed E-state index contributed by atoms with van der Waals surface area (Å²) in [5.74, 6) is 0.0534. The molecule has 2 aromatic carbocycles. The fourth-order valence-corrected chi connectivity index (χ4v) is 2.40. The average Bonchev–Trinajstić information content (AvgIpc) is 2.72. The van der Waals surface area contributed by atoms with E-state index in [0.29, 0.717) is 18.3 Å². The number of carbonyl (C=O) groups excluding carboxylic acids is 2. The fourth-order valence-electron chi connectivity index (χ4n) is 2.40. The minimum absolute atomic E-state index is 0.0234. The molecule has 1 amide bonds. The number of carbonyl (C=O) groups is 2. The first-order valence-electron chi connectivity index (χ1n) is 9.32. The fraction of sp³-hybridized carbons (Fsp3) is 0.333. The van der Waals surface area contributed by atoms with Crippen molar-refractivity contribution in [2.24, 2.45) is 5.92 Å². The molecular formula is C21H24N2O7. The molecule has 0 aliphatic carbocycles. The first-order chi connectivity index (χ1) is 14.3. The standard InChI is InChI=1S/C21H24N2O7/c1-14(2)10-11-29-16-6-4-15(5-7-16)21(25)30-13-20(24)22-18-9-8-17(28-3)12-19(18)23(26)27/h4-9,12,14H,10-11,13H2,1-3H3,(H,22,24). The molecule has 2 rings (SSSR count). The highest BCUT2D eigenvalue weighted by Crippen LogP contribution is 2.28. The molecule has 9 nitrogen and oxygen atoms in total. The van der Waals surface area contributed by atoms with Gasteiger partial charge in [0, 0.05) is 0 Å². The number of nitrogens with one attached hydrogen (secondary N) is 1. The molecule has 0 bridgehead atoms. The van der Waals surface area contributed by atoms with Crippen LogP contribution in [-0.2, 0) is 9.53 Å². The third-order valence-corrected chi connectivity index (χ3v) is 4.06. The number of benzene rings is 2. The number of hydrogen-bond acceptors (Lipinski definition) is 7. The lowest BCUT2D eigenvalue weighted by molar-refractivity contribution is -0.384. The molecule has 0 saturated carbocycles. The zero-order valence-corrected chi connectivity index (χ0v) is 17.0. The summed E-state index contributed by atoms with van der Waals surface area (Å²) >= 11 is 0. The zero-order valence-electron chi connectivity index (χ0n) is 17.0. The summed E-state index contributed by atoms with van der Waals surface area (Å²) in [5.41, 5.74) is -0.0960. The predicted molar refractivity (Wildman–Crippen MR) is 110 cm³/mol. The maximum absolute atomic E-state index is 12.1. The molecule has 0 radical (unpaired) electrons. The van der Waals surface area contributed by atoms with Crippen LogP contribution >= 0.6 is 0 Å². The molecule has 0 unspecified atom stereocenters. The van der Waals surface area contributed by atoms with Crippen LogP contribution in [0.25, 0.3) is 0 Å². The highest BCUT2D eigenvalue weighted by atomic mass is 16.6. The molecule has 0 saturated heterocycles. The molecule has 160 valence electrons. The molecule has 0 aromatic heterocycles. The lowest BCUT2D eigenvalue weighted by atomic mass is 10.1. The molecule has 0 atom stereocenters. The van der Waals surface area contributed by atoms with E-state index in [2.05, 4.69) is 19.2 Å². The summed E-state index contributed by atoms with van der Waals surface area (Å²) in [4.78, 5) is 34.7. The number of methoxy groups -OCH3 is 1. The van der Waals surface area contributed by atoms with Gasteiger partial charge in [0.25, 0.3) is 11.6 Å². The van der Waals surface area contributed by atoms with Crippen molar-refractivity contribution in [3.8, 4) is 11.5 Å². The Morgan fingerprint density at radius 2 is 1.77 bits per heavy atom. The van der Waals surface area contributed by atoms with Gasteiger partial charge in [0.05, 0.1) is 30.3 Å². The van der Waals surface area contributed by atoms with Crippen LogP contribution in [0.5, 0.6) is 11.5 Å². The second-order valence-electron chi connectivity index (χ2n) is 6.82. The third-order valence-electron chi connectivity index (χ3n) is 4.06. The second kappa shape index (κ2) is 10.8. The van der Waals surface area contributed by atoms with E-state index in [1.165, 1.54) is 25.3 Å². The van der Waals surface area contributed by atoms with Gasteiger partial charge in [0.2, 0.25) is 0 Å². The van der Waals surface area contributed by atoms with Crippen molar-refractivity contribution in [3.05, 3.63) is 58.1 Å². The Morgan fingerprint density at radius 3 is 2.37 bits per heavy atom. The van der Waals surface area contributed by atoms with Gasteiger partial charge in [-0.15, -0.1) is 0 Å². The predicted octanol–water partition coefficient (Wildman–Crippen LogP) is 3.82. The van der Waals surface area contributed by atoms with Crippen LogP contribution in [0.1, 0.15) is 30.6 Å². The molecule has 9 heteroatoms. The Kier molecular flexibility index (Phi) is 8.16. The number of nitro benzene ring substituents is 1. The topological polar surface area (TPSA) is 117 Å². The van der Waals surface area contributed by atoms with Crippen molar-refractivity contribution >= 4 is 23.3 Å². The smallest absolute Gasteiger partial charge is 0.338 e. The number of rotatable bonds is 10. The molecule has 0 aliphatic rings. The van der Waals surface area contributed by atoms with Gasteiger partial charge in [-0.1, -0.05) is 13.8 Å². The van der Waals surface area contributed by atoms with E-state index in [4.69, 9.17) is 14.2 Å². The summed E-state index contributed by atoms with van der Waals surface area (Å²) in [7, 11) is 1.38. The number of ether oxygens (including phenoxy) is 3. The van der Waals surface area contributed by atoms with Gasteiger partial charge >= 0.3 is 5.97 Å². The number of hydrogen-bond donors (Lipinski definition) is 1. The Balaban J connectivity index is 1.89. The monoisotopic (exact) mass is 416 g/mol.